The average Bonchev–Trinajstić information content (AvgIpc) is 2.38. The van der Waals surface area contributed by atoms with E-state index >= 15 is 0 Å². The number of pyridine rings is 1. The van der Waals surface area contributed by atoms with Crippen LogP contribution >= 0.6 is 11.8 Å². The van der Waals surface area contributed by atoms with E-state index in [0.29, 0.717) is 5.75 Å². The zero-order valence-corrected chi connectivity index (χ0v) is 10.6. The molecule has 1 unspecified atom stereocenters. The fourth-order valence-electron chi connectivity index (χ4n) is 1.65. The predicted octanol–water partition coefficient (Wildman–Crippen LogP) is 1.88. The van der Waals surface area contributed by atoms with Gasteiger partial charge in [0.25, 0.3) is 0 Å². The number of aliphatic carboxylic acids is 1. The molecule has 0 bridgehead atoms. The zero-order chi connectivity index (χ0) is 13.0. The van der Waals surface area contributed by atoms with Crippen molar-refractivity contribution in [1.82, 2.24) is 4.98 Å². The van der Waals surface area contributed by atoms with Crippen molar-refractivity contribution in [2.24, 2.45) is 5.73 Å². The zero-order valence-electron chi connectivity index (χ0n) is 9.74. The molecule has 1 heterocycles. The van der Waals surface area contributed by atoms with Crippen molar-refractivity contribution >= 4 is 28.6 Å². The summed E-state index contributed by atoms with van der Waals surface area (Å²) in [6, 6.07) is 9.11. The predicted molar refractivity (Wildman–Crippen MR) is 73.5 cm³/mol. The first-order chi connectivity index (χ1) is 8.68. The highest BCUT2D eigenvalue weighted by molar-refractivity contribution is 7.98. The Hall–Kier alpha value is -1.59. The molecule has 1 aromatic heterocycles. The molecule has 4 nitrogen and oxygen atoms in total. The molecule has 1 atom stereocenters. The first kappa shape index (κ1) is 12.9. The number of carboxylic acids is 1. The lowest BCUT2D eigenvalue weighted by Crippen LogP contribution is -2.32. The number of nitrogens with two attached hydrogens (primary N) is 1. The fraction of sp³-hybridized carbons (Fsp3) is 0.231. The topological polar surface area (TPSA) is 76.2 Å². The Balaban J connectivity index is 2.06. The second-order valence-corrected chi connectivity index (χ2v) is 4.98. The maximum absolute atomic E-state index is 10.6. The van der Waals surface area contributed by atoms with Gasteiger partial charge in [0.15, 0.2) is 0 Å². The summed E-state index contributed by atoms with van der Waals surface area (Å²) in [4.78, 5) is 15.0. The van der Waals surface area contributed by atoms with Gasteiger partial charge in [0.1, 0.15) is 6.04 Å². The molecule has 94 valence electrons. The lowest BCUT2D eigenvalue weighted by molar-refractivity contribution is -0.137. The highest BCUT2D eigenvalue weighted by Gasteiger charge is 2.11. The number of para-hydroxylation sites is 1. The third kappa shape index (κ3) is 3.00. The quantitative estimate of drug-likeness (QED) is 0.860. The molecular formula is C13H14N2O2S. The minimum atomic E-state index is -0.960. The summed E-state index contributed by atoms with van der Waals surface area (Å²) in [6.07, 6.45) is 1.76. The summed E-state index contributed by atoms with van der Waals surface area (Å²) in [7, 11) is 0. The van der Waals surface area contributed by atoms with Crippen LogP contribution in [0, 0.1) is 0 Å². The molecule has 0 fully saturated rings. The lowest BCUT2D eigenvalue weighted by Gasteiger charge is -2.07. The van der Waals surface area contributed by atoms with Gasteiger partial charge in [0.05, 0.1) is 5.52 Å². The van der Waals surface area contributed by atoms with Crippen LogP contribution in [0.25, 0.3) is 10.9 Å². The summed E-state index contributed by atoms with van der Waals surface area (Å²) in [5, 5.41) is 9.80. The molecule has 0 aliphatic heterocycles. The van der Waals surface area contributed by atoms with Crippen LogP contribution in [0.3, 0.4) is 0 Å². The maximum atomic E-state index is 10.6. The summed E-state index contributed by atoms with van der Waals surface area (Å²) in [5.74, 6) is 0.159. The number of hydrogen-bond acceptors (Lipinski definition) is 4. The highest BCUT2D eigenvalue weighted by Crippen LogP contribution is 2.20. The molecular weight excluding hydrogens is 248 g/mol. The van der Waals surface area contributed by atoms with Crippen LogP contribution < -0.4 is 5.73 Å². The van der Waals surface area contributed by atoms with Gasteiger partial charge in [0.2, 0.25) is 0 Å². The molecule has 0 amide bonds. The Morgan fingerprint density at radius 2 is 2.17 bits per heavy atom. The van der Waals surface area contributed by atoms with E-state index in [1.807, 2.05) is 30.3 Å². The van der Waals surface area contributed by atoms with Crippen molar-refractivity contribution < 1.29 is 9.90 Å². The van der Waals surface area contributed by atoms with E-state index in [2.05, 4.69) is 4.98 Å². The summed E-state index contributed by atoms with van der Waals surface area (Å²) in [5.41, 5.74) is 7.53. The van der Waals surface area contributed by atoms with Crippen LogP contribution in [0.5, 0.6) is 0 Å². The van der Waals surface area contributed by atoms with E-state index in [4.69, 9.17) is 10.8 Å². The number of benzene rings is 1. The molecule has 18 heavy (non-hydrogen) atoms. The van der Waals surface area contributed by atoms with E-state index in [1.165, 1.54) is 11.8 Å². The molecule has 5 heteroatoms. The summed E-state index contributed by atoms with van der Waals surface area (Å²) in [6.45, 7) is 0. The number of carbonyl (C=O) groups is 1. The smallest absolute Gasteiger partial charge is 0.321 e. The second-order valence-electron chi connectivity index (χ2n) is 3.95. The van der Waals surface area contributed by atoms with Gasteiger partial charge in [-0.1, -0.05) is 24.3 Å². The first-order valence-corrected chi connectivity index (χ1v) is 6.72. The van der Waals surface area contributed by atoms with Crippen molar-refractivity contribution in [2.45, 2.75) is 11.8 Å². The third-order valence-corrected chi connectivity index (χ3v) is 3.70. The first-order valence-electron chi connectivity index (χ1n) is 5.57. The van der Waals surface area contributed by atoms with E-state index in [0.717, 1.165) is 22.2 Å². The SMILES string of the molecule is NC(CSCc1cccc2cccnc12)C(=O)O. The average molecular weight is 262 g/mol. The van der Waals surface area contributed by atoms with E-state index in [-0.39, 0.29) is 0 Å². The maximum Gasteiger partial charge on any atom is 0.321 e. The normalized spacial score (nSPS) is 12.5. The molecule has 0 radical (unpaired) electrons. The van der Waals surface area contributed by atoms with Crippen molar-refractivity contribution in [3.05, 3.63) is 42.1 Å². The molecule has 0 saturated carbocycles. The summed E-state index contributed by atoms with van der Waals surface area (Å²) >= 11 is 1.51. The van der Waals surface area contributed by atoms with Gasteiger partial charge in [-0.3, -0.25) is 9.78 Å². The molecule has 0 aliphatic carbocycles. The largest absolute Gasteiger partial charge is 0.480 e. The van der Waals surface area contributed by atoms with Crippen LogP contribution in [-0.2, 0) is 10.5 Å². The number of aromatic nitrogens is 1. The Labute approximate surface area is 109 Å². The van der Waals surface area contributed by atoms with Crippen molar-refractivity contribution in [3.63, 3.8) is 0 Å². The minimum Gasteiger partial charge on any atom is -0.480 e. The Kier molecular flexibility index (Phi) is 4.17. The van der Waals surface area contributed by atoms with Gasteiger partial charge in [-0.2, -0.15) is 11.8 Å². The van der Waals surface area contributed by atoms with Gasteiger partial charge < -0.3 is 10.8 Å². The Morgan fingerprint density at radius 3 is 2.94 bits per heavy atom. The van der Waals surface area contributed by atoms with Crippen LogP contribution in [0.1, 0.15) is 5.56 Å². The standard InChI is InChI=1S/C13H14N2O2S/c14-11(13(16)17)8-18-7-10-4-1-3-9-5-2-6-15-12(9)10/h1-6,11H,7-8,14H2,(H,16,17). The minimum absolute atomic E-state index is 0.401. The Morgan fingerprint density at radius 1 is 1.39 bits per heavy atom. The number of carboxylic acid groups (broad SMARTS) is 1. The molecule has 2 aromatic rings. The molecule has 3 N–H and O–H groups in total. The second kappa shape index (κ2) is 5.84. The van der Waals surface area contributed by atoms with Crippen LogP contribution in [0.2, 0.25) is 0 Å². The van der Waals surface area contributed by atoms with E-state index in [9.17, 15) is 4.79 Å². The van der Waals surface area contributed by atoms with Crippen LogP contribution in [0.4, 0.5) is 0 Å². The fourth-order valence-corrected chi connectivity index (χ4v) is 2.62. The number of fused-ring (bicyclic) bond motifs is 1. The highest BCUT2D eigenvalue weighted by atomic mass is 32.2. The van der Waals surface area contributed by atoms with Crippen molar-refractivity contribution in [1.29, 1.82) is 0 Å². The molecule has 0 aliphatic rings. The van der Waals surface area contributed by atoms with Crippen molar-refractivity contribution in [3.8, 4) is 0 Å². The van der Waals surface area contributed by atoms with Crippen LogP contribution in [0.15, 0.2) is 36.5 Å². The summed E-state index contributed by atoms with van der Waals surface area (Å²) < 4.78 is 0. The van der Waals surface area contributed by atoms with Gasteiger partial charge >= 0.3 is 5.97 Å². The molecule has 0 saturated heterocycles. The van der Waals surface area contributed by atoms with E-state index in [1.54, 1.807) is 6.20 Å². The molecule has 0 spiro atoms. The van der Waals surface area contributed by atoms with Crippen molar-refractivity contribution in [2.75, 3.05) is 5.75 Å². The van der Waals surface area contributed by atoms with Gasteiger partial charge in [-0.05, 0) is 11.6 Å². The third-order valence-electron chi connectivity index (χ3n) is 2.59. The number of rotatable bonds is 5. The van der Waals surface area contributed by atoms with Gasteiger partial charge in [-0.25, -0.2) is 0 Å². The van der Waals surface area contributed by atoms with E-state index < -0.39 is 12.0 Å². The monoisotopic (exact) mass is 262 g/mol. The van der Waals surface area contributed by atoms with Crippen LogP contribution in [-0.4, -0.2) is 27.9 Å². The number of hydrogen-bond donors (Lipinski definition) is 2. The lowest BCUT2D eigenvalue weighted by atomic mass is 10.1. The number of nitrogens with zero attached hydrogens (tertiary/aromatic N) is 1. The van der Waals surface area contributed by atoms with Gasteiger partial charge in [-0.15, -0.1) is 0 Å². The number of thioether (sulfide) groups is 1. The van der Waals surface area contributed by atoms with Gasteiger partial charge in [0, 0.05) is 23.1 Å². The Bertz CT molecular complexity index is 554. The molecule has 2 rings (SSSR count). The molecule has 1 aromatic carbocycles.